The van der Waals surface area contributed by atoms with Crippen molar-refractivity contribution < 1.29 is 57.0 Å². The summed E-state index contributed by atoms with van der Waals surface area (Å²) in [6, 6.07) is 0. The van der Waals surface area contributed by atoms with E-state index in [-0.39, 0.29) is 64.2 Å². The summed E-state index contributed by atoms with van der Waals surface area (Å²) in [6.45, 7) is 36.1. The fourth-order valence-corrected chi connectivity index (χ4v) is 23.3. The van der Waals surface area contributed by atoms with Gasteiger partial charge >= 0.3 is 18.3 Å². The van der Waals surface area contributed by atoms with E-state index < -0.39 is 0 Å². The summed E-state index contributed by atoms with van der Waals surface area (Å²) in [5.41, 5.74) is 5.35. The number of carbonyl (C=O) groups is 3. The van der Waals surface area contributed by atoms with Crippen molar-refractivity contribution in [3.8, 4) is 0 Å². The number of alkyl halides is 1. The van der Waals surface area contributed by atoms with Crippen LogP contribution in [-0.2, 0) is 42.6 Å². The van der Waals surface area contributed by atoms with Gasteiger partial charge in [-0.25, -0.2) is 14.4 Å². The standard InChI is InChI=1S/2C25H39NO4.C22H35BrO2.C3H5NO2/c2*1-17-8-9-20-24(2,19(17)11-13-26-14-15-28-23(26)27)12-10-21-25(20,3)16-29-22(30-21)18-6-4-5-7-18;1-15-8-9-18-21(2,17(15)11-13-23)12-10-19-22(18,3)14-24-20(25-19)16-6-4-5-7-16;5-3-4-1-2-6-3/h2*18-22H,1,4-16H2,2-3H3;16-20H,1,4-14H2,2-3H3;1-2H2,(H,4,5)/t2*19-,20?,21-,22-,24+,25+;17-,18?,19-,20-,21+,22+;/m111./s1. The molecule has 0 bridgehead atoms. The highest BCUT2D eigenvalue weighted by Crippen LogP contribution is 2.67. The lowest BCUT2D eigenvalue weighted by atomic mass is 9.46. The maximum Gasteiger partial charge on any atom is 0.409 e. The van der Waals surface area contributed by atoms with E-state index in [1.54, 1.807) is 0 Å². The van der Waals surface area contributed by atoms with Gasteiger partial charge in [0.05, 0.1) is 57.8 Å². The highest BCUT2D eigenvalue weighted by Gasteiger charge is 2.64. The number of hydrogen-bond donors (Lipinski definition) is 1. The monoisotopic (exact) mass is 1330 g/mol. The number of rotatable bonds is 11. The fourth-order valence-electron chi connectivity index (χ4n) is 22.9. The van der Waals surface area contributed by atoms with Crippen molar-refractivity contribution in [1.29, 1.82) is 0 Å². The van der Waals surface area contributed by atoms with Crippen LogP contribution in [0.2, 0.25) is 0 Å². The second kappa shape index (κ2) is 28.4. The molecule has 6 aliphatic heterocycles. The average molecular weight is 1330 g/mol. The molecule has 0 aromatic rings. The molecule has 0 aromatic heterocycles. The Hall–Kier alpha value is -2.73. The van der Waals surface area contributed by atoms with Crippen LogP contribution < -0.4 is 5.32 Å². The number of amides is 3. The number of fused-ring (bicyclic) bond motifs is 9. The van der Waals surface area contributed by atoms with Gasteiger partial charge < -0.3 is 57.7 Å². The quantitative estimate of drug-likeness (QED) is 0.119. The van der Waals surface area contributed by atoms with Gasteiger partial charge in [-0.05, 0) is 187 Å². The minimum absolute atomic E-state index is 0.0189. The number of cyclic esters (lactones) is 3. The third kappa shape index (κ3) is 13.4. The Morgan fingerprint density at radius 3 is 1.07 bits per heavy atom. The molecule has 18 atom stereocenters. The molecular formula is C75H118BrN3O12. The van der Waals surface area contributed by atoms with E-state index in [0.717, 1.165) is 89.9 Å². The third-order valence-electron chi connectivity index (χ3n) is 27.9. The first-order chi connectivity index (χ1) is 43.7. The largest absolute Gasteiger partial charge is 0.448 e. The highest BCUT2D eigenvalue weighted by molar-refractivity contribution is 9.09. The Morgan fingerprint density at radius 1 is 0.451 bits per heavy atom. The van der Waals surface area contributed by atoms with E-state index in [1.807, 2.05) is 9.80 Å². The number of halogens is 1. The summed E-state index contributed by atoms with van der Waals surface area (Å²) < 4.78 is 53.9. The summed E-state index contributed by atoms with van der Waals surface area (Å²) in [4.78, 5) is 37.5. The van der Waals surface area contributed by atoms with Crippen molar-refractivity contribution in [1.82, 2.24) is 15.1 Å². The lowest BCUT2D eigenvalue weighted by Gasteiger charge is -2.63. The van der Waals surface area contributed by atoms with Crippen molar-refractivity contribution in [3.05, 3.63) is 36.5 Å². The molecule has 0 spiro atoms. The summed E-state index contributed by atoms with van der Waals surface area (Å²) in [7, 11) is 0. The zero-order valence-electron chi connectivity index (χ0n) is 57.0. The maximum atomic E-state index is 11.9. The fraction of sp³-hybridized carbons (Fsp3) is 0.880. The van der Waals surface area contributed by atoms with Crippen LogP contribution in [-0.4, -0.2) is 143 Å². The number of ether oxygens (including phenoxy) is 9. The second-order valence-electron chi connectivity index (χ2n) is 32.9. The first-order valence-electron chi connectivity index (χ1n) is 36.9. The molecule has 3 amide bonds. The highest BCUT2D eigenvalue weighted by atomic mass is 79.9. The number of hydrogen-bond acceptors (Lipinski definition) is 12. The van der Waals surface area contributed by atoms with Crippen LogP contribution in [0.1, 0.15) is 215 Å². The lowest BCUT2D eigenvalue weighted by molar-refractivity contribution is -0.316. The topological polar surface area (TPSA) is 153 Å². The second-order valence-corrected chi connectivity index (χ2v) is 33.7. The first-order valence-corrected chi connectivity index (χ1v) is 38.0. The molecular weight excluding hydrogens is 1210 g/mol. The number of alkyl carbamates (subject to hydrolysis) is 1. The normalized spacial score (nSPS) is 44.0. The van der Waals surface area contributed by atoms with Crippen molar-refractivity contribution in [2.45, 2.75) is 252 Å². The number of nitrogens with zero attached hydrogens (tertiary/aromatic N) is 2. The van der Waals surface area contributed by atoms with Crippen LogP contribution in [0.4, 0.5) is 14.4 Å². The lowest BCUT2D eigenvalue weighted by Crippen LogP contribution is -2.62. The Kier molecular flexibility index (Phi) is 21.3. The summed E-state index contributed by atoms with van der Waals surface area (Å²) in [5.74, 6) is 5.25. The Balaban J connectivity index is 0.000000126. The summed E-state index contributed by atoms with van der Waals surface area (Å²) in [6.07, 6.45) is 33.5. The molecule has 15 nitrogen and oxygen atoms in total. The van der Waals surface area contributed by atoms with Gasteiger partial charge in [-0.2, -0.15) is 0 Å². The van der Waals surface area contributed by atoms with Crippen LogP contribution in [0.5, 0.6) is 0 Å². The van der Waals surface area contributed by atoms with Gasteiger partial charge in [0, 0.05) is 52.4 Å². The zero-order valence-corrected chi connectivity index (χ0v) is 58.6. The molecule has 3 unspecified atom stereocenters. The maximum absolute atomic E-state index is 11.9. The van der Waals surface area contributed by atoms with Crippen molar-refractivity contribution in [3.63, 3.8) is 0 Å². The van der Waals surface area contributed by atoms with Crippen LogP contribution in [0.25, 0.3) is 0 Å². The van der Waals surface area contributed by atoms with Crippen LogP contribution in [0.15, 0.2) is 36.5 Å². The molecule has 9 saturated carbocycles. The Labute approximate surface area is 555 Å². The van der Waals surface area contributed by atoms with Gasteiger partial charge in [0.15, 0.2) is 18.9 Å². The van der Waals surface area contributed by atoms with E-state index in [2.05, 4.69) is 87.3 Å². The molecule has 15 fully saturated rings. The smallest absolute Gasteiger partial charge is 0.409 e. The van der Waals surface area contributed by atoms with E-state index in [1.165, 1.54) is 152 Å². The minimum atomic E-state index is -0.296. The Bertz CT molecular complexity index is 2470. The first kappa shape index (κ1) is 68.2. The van der Waals surface area contributed by atoms with Gasteiger partial charge in [0.2, 0.25) is 0 Å². The van der Waals surface area contributed by atoms with E-state index >= 15 is 0 Å². The summed E-state index contributed by atoms with van der Waals surface area (Å²) >= 11 is 3.69. The molecule has 1 N–H and O–H groups in total. The molecule has 91 heavy (non-hydrogen) atoms. The van der Waals surface area contributed by atoms with Crippen LogP contribution >= 0.6 is 15.9 Å². The van der Waals surface area contributed by atoms with Gasteiger partial charge in [-0.1, -0.05) is 132 Å². The van der Waals surface area contributed by atoms with Gasteiger partial charge in [-0.15, -0.1) is 0 Å². The minimum Gasteiger partial charge on any atom is -0.448 e. The Morgan fingerprint density at radius 2 is 0.791 bits per heavy atom. The number of carbonyl (C=O) groups excluding carboxylic acids is 3. The van der Waals surface area contributed by atoms with Crippen LogP contribution in [0.3, 0.4) is 0 Å². The predicted molar refractivity (Wildman–Crippen MR) is 355 cm³/mol. The molecule has 15 aliphatic rings. The van der Waals surface area contributed by atoms with Crippen molar-refractivity contribution in [2.75, 3.05) is 77.7 Å². The van der Waals surface area contributed by atoms with E-state index in [0.29, 0.717) is 103 Å². The van der Waals surface area contributed by atoms with E-state index in [9.17, 15) is 14.4 Å². The van der Waals surface area contributed by atoms with Crippen molar-refractivity contribution in [2.24, 2.45) is 85.8 Å². The van der Waals surface area contributed by atoms with E-state index in [4.69, 9.17) is 37.9 Å². The van der Waals surface area contributed by atoms with Gasteiger partial charge in [-0.3, -0.25) is 0 Å². The SMILES string of the molecule is C=C1CCC2[C@]3(C)CO[C@@H](C4CCCC4)O[C@@H]3CC[C@@]2(C)[C@@H]1CCBr.C=C1CCC2[C@]3(C)CO[C@@H](C4CCCC4)O[C@@H]3CC[C@@]2(C)[C@@H]1CCN1CCOC1=O.C=C1CCC2[C@]3(C)CO[C@@H](C4CCCC4)O[C@@H]3CC[C@@]2(C)[C@@H]1CCN1CCOC1=O.O=C1NCCO1. The van der Waals surface area contributed by atoms with Gasteiger partial charge in [0.1, 0.15) is 19.8 Å². The molecule has 16 heteroatoms. The molecule has 0 radical (unpaired) electrons. The molecule has 6 saturated heterocycles. The molecule has 0 aromatic carbocycles. The average Bonchev–Trinajstić information content (AvgIpc) is 1.70. The van der Waals surface area contributed by atoms with Crippen LogP contribution in [0, 0.1) is 85.8 Å². The summed E-state index contributed by atoms with van der Waals surface area (Å²) in [5, 5.41) is 3.54. The van der Waals surface area contributed by atoms with Gasteiger partial charge in [0.25, 0.3) is 0 Å². The predicted octanol–water partition coefficient (Wildman–Crippen LogP) is 16.1. The molecule has 9 aliphatic carbocycles. The molecule has 6 heterocycles. The van der Waals surface area contributed by atoms with Crippen molar-refractivity contribution >= 4 is 34.2 Å². The molecule has 15 rings (SSSR count). The number of allylic oxidation sites excluding steroid dienone is 3. The third-order valence-corrected chi connectivity index (χ3v) is 28.4. The number of nitrogens with one attached hydrogen (secondary N) is 1. The molecule has 512 valence electrons. The zero-order chi connectivity index (χ0) is 63.9.